The molecule has 0 aromatic rings. The van der Waals surface area contributed by atoms with Gasteiger partial charge in [0.1, 0.15) is 5.78 Å². The summed E-state index contributed by atoms with van der Waals surface area (Å²) in [6.45, 7) is 2.31. The highest BCUT2D eigenvalue weighted by atomic mass is 16.1. The van der Waals surface area contributed by atoms with Gasteiger partial charge in [0.05, 0.1) is 0 Å². The fourth-order valence-electron chi connectivity index (χ4n) is 6.53. The van der Waals surface area contributed by atoms with Crippen LogP contribution in [0.25, 0.3) is 0 Å². The van der Waals surface area contributed by atoms with Crippen LogP contribution in [0.3, 0.4) is 0 Å². The lowest BCUT2D eigenvalue weighted by molar-refractivity contribution is -0.122. The van der Waals surface area contributed by atoms with E-state index in [2.05, 4.69) is 6.92 Å². The van der Waals surface area contributed by atoms with Crippen LogP contribution in [0.5, 0.6) is 0 Å². The van der Waals surface area contributed by atoms with Gasteiger partial charge in [0.2, 0.25) is 0 Å². The Balaban J connectivity index is 1.30. The first-order valence-corrected chi connectivity index (χ1v) is 12.3. The van der Waals surface area contributed by atoms with Crippen LogP contribution in [0, 0.1) is 29.6 Å². The number of carbonyl (C=O) groups excluding carboxylic acids is 1. The number of unbranched alkanes of at least 4 members (excludes halogenated alkanes) is 4. The zero-order valence-electron chi connectivity index (χ0n) is 17.5. The summed E-state index contributed by atoms with van der Waals surface area (Å²) in [7, 11) is 0. The van der Waals surface area contributed by atoms with Crippen LogP contribution >= 0.6 is 0 Å². The van der Waals surface area contributed by atoms with Crippen molar-refractivity contribution in [2.24, 2.45) is 29.6 Å². The molecule has 0 N–H and O–H groups in total. The minimum Gasteiger partial charge on any atom is -0.300 e. The van der Waals surface area contributed by atoms with Gasteiger partial charge < -0.3 is 0 Å². The molecule has 150 valence electrons. The minimum absolute atomic E-state index is 0.552. The van der Waals surface area contributed by atoms with Crippen LogP contribution in [0.1, 0.15) is 122 Å². The van der Waals surface area contributed by atoms with Crippen molar-refractivity contribution >= 4 is 5.78 Å². The van der Waals surface area contributed by atoms with Crippen molar-refractivity contribution in [1.29, 1.82) is 0 Å². The molecule has 0 aliphatic heterocycles. The van der Waals surface area contributed by atoms with E-state index in [4.69, 9.17) is 0 Å². The van der Waals surface area contributed by atoms with Gasteiger partial charge in [-0.25, -0.2) is 0 Å². The zero-order valence-corrected chi connectivity index (χ0v) is 17.5. The van der Waals surface area contributed by atoms with E-state index in [-0.39, 0.29) is 0 Å². The third-order valence-electron chi connectivity index (χ3n) is 8.28. The summed E-state index contributed by atoms with van der Waals surface area (Å²) in [5, 5.41) is 0. The summed E-state index contributed by atoms with van der Waals surface area (Å²) >= 11 is 0. The number of hydrogen-bond donors (Lipinski definition) is 0. The Bertz CT molecular complexity index is 398. The van der Waals surface area contributed by atoms with E-state index in [1.807, 2.05) is 0 Å². The van der Waals surface area contributed by atoms with Gasteiger partial charge in [-0.05, 0) is 81.0 Å². The highest BCUT2D eigenvalue weighted by molar-refractivity contribution is 5.79. The Morgan fingerprint density at radius 1 is 0.692 bits per heavy atom. The molecule has 3 aliphatic rings. The van der Waals surface area contributed by atoms with Crippen LogP contribution in [-0.4, -0.2) is 5.78 Å². The first-order valence-electron chi connectivity index (χ1n) is 12.3. The first kappa shape index (κ1) is 20.4. The third-order valence-corrected chi connectivity index (χ3v) is 8.28. The maximum atomic E-state index is 11.8. The first-order chi connectivity index (χ1) is 12.8. The predicted molar refractivity (Wildman–Crippen MR) is 111 cm³/mol. The van der Waals surface area contributed by atoms with Crippen LogP contribution in [0.2, 0.25) is 0 Å². The average Bonchev–Trinajstić information content (AvgIpc) is 2.68. The highest BCUT2D eigenvalue weighted by Gasteiger charge is 2.34. The number of Topliss-reactive ketones (excluding diaryl/α,β-unsaturated/α-hetero) is 1. The number of ketones is 1. The molecule has 0 amide bonds. The van der Waals surface area contributed by atoms with Gasteiger partial charge >= 0.3 is 0 Å². The Morgan fingerprint density at radius 2 is 1.27 bits per heavy atom. The fraction of sp³-hybridized carbons (Fsp3) is 0.960. The van der Waals surface area contributed by atoms with Crippen LogP contribution in [0.4, 0.5) is 0 Å². The molecule has 0 aromatic carbocycles. The second-order valence-corrected chi connectivity index (χ2v) is 10.1. The van der Waals surface area contributed by atoms with Crippen molar-refractivity contribution in [1.82, 2.24) is 0 Å². The average molecular weight is 361 g/mol. The molecule has 3 saturated carbocycles. The Kier molecular flexibility index (Phi) is 8.53. The Hall–Kier alpha value is -0.330. The Morgan fingerprint density at radius 3 is 1.88 bits per heavy atom. The molecular formula is C25H44O. The highest BCUT2D eigenvalue weighted by Crippen LogP contribution is 2.45. The van der Waals surface area contributed by atoms with Gasteiger partial charge in [-0.2, -0.15) is 0 Å². The third kappa shape index (κ3) is 6.10. The van der Waals surface area contributed by atoms with Gasteiger partial charge in [0, 0.05) is 12.8 Å². The SMILES string of the molecule is CCCCCCCC1CCC(C2CCC(C3CCCC(=O)C3)CC2)CC1. The van der Waals surface area contributed by atoms with E-state index in [0.29, 0.717) is 5.78 Å². The maximum absolute atomic E-state index is 11.8. The molecular weight excluding hydrogens is 316 g/mol. The fourth-order valence-corrected chi connectivity index (χ4v) is 6.53. The molecule has 0 spiro atoms. The minimum atomic E-state index is 0.552. The van der Waals surface area contributed by atoms with Crippen molar-refractivity contribution < 1.29 is 4.79 Å². The van der Waals surface area contributed by atoms with Crippen LogP contribution < -0.4 is 0 Å². The molecule has 3 fully saturated rings. The molecule has 3 aliphatic carbocycles. The van der Waals surface area contributed by atoms with Crippen LogP contribution in [-0.2, 0) is 4.79 Å². The molecule has 0 aromatic heterocycles. The lowest BCUT2D eigenvalue weighted by Crippen LogP contribution is -2.30. The number of carbonyl (C=O) groups is 1. The lowest BCUT2D eigenvalue weighted by Gasteiger charge is -2.40. The molecule has 1 unspecified atom stereocenters. The molecule has 0 bridgehead atoms. The van der Waals surface area contributed by atoms with Crippen molar-refractivity contribution in [3.63, 3.8) is 0 Å². The number of hydrogen-bond acceptors (Lipinski definition) is 1. The number of rotatable bonds is 8. The summed E-state index contributed by atoms with van der Waals surface area (Å²) in [5.74, 6) is 5.31. The smallest absolute Gasteiger partial charge is 0.133 e. The largest absolute Gasteiger partial charge is 0.300 e. The van der Waals surface area contributed by atoms with Gasteiger partial charge in [-0.1, -0.05) is 58.3 Å². The van der Waals surface area contributed by atoms with Crippen molar-refractivity contribution in [3.05, 3.63) is 0 Å². The molecule has 1 atom stereocenters. The van der Waals surface area contributed by atoms with Crippen molar-refractivity contribution in [2.75, 3.05) is 0 Å². The summed E-state index contributed by atoms with van der Waals surface area (Å²) < 4.78 is 0. The van der Waals surface area contributed by atoms with E-state index in [9.17, 15) is 4.79 Å². The second kappa shape index (κ2) is 10.9. The zero-order chi connectivity index (χ0) is 18.2. The van der Waals surface area contributed by atoms with E-state index < -0.39 is 0 Å². The van der Waals surface area contributed by atoms with E-state index in [1.165, 1.54) is 103 Å². The standard InChI is InChI=1S/C25H44O/c1-2-3-4-5-6-8-20-11-13-21(14-12-20)22-15-17-23(18-16-22)24-9-7-10-25(26)19-24/h20-24H,2-19H2,1H3. The van der Waals surface area contributed by atoms with Gasteiger partial charge in [-0.15, -0.1) is 0 Å². The molecule has 1 heteroatoms. The lowest BCUT2D eigenvalue weighted by atomic mass is 9.65. The van der Waals surface area contributed by atoms with Gasteiger partial charge in [0.25, 0.3) is 0 Å². The topological polar surface area (TPSA) is 17.1 Å². The summed E-state index contributed by atoms with van der Waals surface area (Å²) in [4.78, 5) is 11.8. The van der Waals surface area contributed by atoms with Gasteiger partial charge in [0.15, 0.2) is 0 Å². The molecule has 0 heterocycles. The molecule has 3 rings (SSSR count). The van der Waals surface area contributed by atoms with E-state index in [0.717, 1.165) is 42.4 Å². The van der Waals surface area contributed by atoms with Crippen molar-refractivity contribution in [2.45, 2.75) is 122 Å². The predicted octanol–water partition coefficient (Wildman–Crippen LogP) is 7.72. The molecule has 26 heavy (non-hydrogen) atoms. The summed E-state index contributed by atoms with van der Waals surface area (Å²) in [6, 6.07) is 0. The summed E-state index contributed by atoms with van der Waals surface area (Å²) in [6.07, 6.45) is 24.9. The molecule has 0 radical (unpaired) electrons. The Labute approximate surface area is 163 Å². The quantitative estimate of drug-likeness (QED) is 0.405. The normalized spacial score (nSPS) is 36.2. The van der Waals surface area contributed by atoms with Crippen molar-refractivity contribution in [3.8, 4) is 0 Å². The van der Waals surface area contributed by atoms with E-state index in [1.54, 1.807) is 0 Å². The van der Waals surface area contributed by atoms with E-state index >= 15 is 0 Å². The second-order valence-electron chi connectivity index (χ2n) is 10.1. The maximum Gasteiger partial charge on any atom is 0.133 e. The van der Waals surface area contributed by atoms with Gasteiger partial charge in [-0.3, -0.25) is 4.79 Å². The van der Waals surface area contributed by atoms with Crippen LogP contribution in [0.15, 0.2) is 0 Å². The molecule has 1 nitrogen and oxygen atoms in total. The molecule has 0 saturated heterocycles. The monoisotopic (exact) mass is 360 g/mol. The summed E-state index contributed by atoms with van der Waals surface area (Å²) in [5.41, 5.74) is 0.